The van der Waals surface area contributed by atoms with Gasteiger partial charge in [-0.1, -0.05) is 0 Å². The molecular formula is C13H8BrF3N2S. The first-order valence-electron chi connectivity index (χ1n) is 5.49. The molecule has 1 aromatic carbocycles. The molecule has 1 heterocycles. The van der Waals surface area contributed by atoms with E-state index in [1.165, 1.54) is 17.4 Å². The van der Waals surface area contributed by atoms with Gasteiger partial charge in [-0.15, -0.1) is 11.3 Å². The van der Waals surface area contributed by atoms with Gasteiger partial charge in [0.1, 0.15) is 10.9 Å². The Hall–Kier alpha value is -1.52. The van der Waals surface area contributed by atoms with E-state index in [2.05, 4.69) is 21.2 Å². The van der Waals surface area contributed by atoms with Crippen molar-refractivity contribution in [2.45, 2.75) is 12.7 Å². The van der Waals surface area contributed by atoms with Gasteiger partial charge in [0, 0.05) is 21.6 Å². The Balaban J connectivity index is 2.15. The molecule has 7 heteroatoms. The molecule has 0 aliphatic heterocycles. The number of hydrogen-bond acceptors (Lipinski definition) is 3. The third-order valence-electron chi connectivity index (χ3n) is 2.52. The average molecular weight is 361 g/mol. The molecule has 20 heavy (non-hydrogen) atoms. The summed E-state index contributed by atoms with van der Waals surface area (Å²) in [5.41, 5.74) is -0.334. The van der Waals surface area contributed by atoms with Crippen LogP contribution in [-0.2, 0) is 12.7 Å². The van der Waals surface area contributed by atoms with E-state index in [0.717, 1.165) is 17.0 Å². The number of anilines is 1. The Morgan fingerprint density at radius 1 is 1.25 bits per heavy atom. The molecule has 1 N–H and O–H groups in total. The second-order valence-electron chi connectivity index (χ2n) is 3.92. The van der Waals surface area contributed by atoms with Crippen LogP contribution < -0.4 is 5.32 Å². The number of rotatable bonds is 3. The number of thiophene rings is 1. The number of nitrogens with zero attached hydrogens (tertiary/aromatic N) is 1. The van der Waals surface area contributed by atoms with Gasteiger partial charge in [0.05, 0.1) is 5.56 Å². The third-order valence-corrected chi connectivity index (χ3v) is 4.20. The van der Waals surface area contributed by atoms with Crippen LogP contribution in [0, 0.1) is 11.3 Å². The summed E-state index contributed by atoms with van der Waals surface area (Å²) in [5.74, 6) is 0. The van der Waals surface area contributed by atoms with Crippen LogP contribution in [0.4, 0.5) is 18.9 Å². The molecule has 104 valence electrons. The van der Waals surface area contributed by atoms with Gasteiger partial charge < -0.3 is 5.32 Å². The summed E-state index contributed by atoms with van der Waals surface area (Å²) in [7, 11) is 0. The number of hydrogen-bond donors (Lipinski definition) is 1. The van der Waals surface area contributed by atoms with Gasteiger partial charge in [-0.05, 0) is 46.3 Å². The van der Waals surface area contributed by atoms with Gasteiger partial charge >= 0.3 is 6.18 Å². The summed E-state index contributed by atoms with van der Waals surface area (Å²) in [6.07, 6.45) is -4.37. The minimum atomic E-state index is -4.37. The zero-order valence-corrected chi connectivity index (χ0v) is 12.4. The lowest BCUT2D eigenvalue weighted by Gasteiger charge is -2.12. The molecule has 0 unspecified atom stereocenters. The average Bonchev–Trinajstić information content (AvgIpc) is 2.84. The number of nitrogens with one attached hydrogen (secondary N) is 1. The first kappa shape index (κ1) is 14.9. The Kier molecular flexibility index (Phi) is 4.35. The van der Waals surface area contributed by atoms with Gasteiger partial charge in [-0.25, -0.2) is 0 Å². The molecule has 0 bridgehead atoms. The molecule has 0 fully saturated rings. The molecule has 0 saturated carbocycles. The third kappa shape index (κ3) is 3.52. The van der Waals surface area contributed by atoms with Crippen LogP contribution in [0.1, 0.15) is 15.3 Å². The van der Waals surface area contributed by atoms with Gasteiger partial charge in [-0.2, -0.15) is 18.4 Å². The minimum absolute atomic E-state index is 0.367. The standard InChI is InChI=1S/C13H8BrF3N2S/c14-11-4-1-8(13(15,16)17)5-12(11)19-7-10-3-2-9(6-18)20-10/h1-5,19H,7H2. The predicted molar refractivity (Wildman–Crippen MR) is 75.5 cm³/mol. The second-order valence-corrected chi connectivity index (χ2v) is 5.95. The summed E-state index contributed by atoms with van der Waals surface area (Å²) >= 11 is 4.52. The molecule has 2 aromatic rings. The van der Waals surface area contributed by atoms with Crippen molar-refractivity contribution in [2.75, 3.05) is 5.32 Å². The van der Waals surface area contributed by atoms with Crippen LogP contribution >= 0.6 is 27.3 Å². The van der Waals surface area contributed by atoms with E-state index in [-0.39, 0.29) is 0 Å². The van der Waals surface area contributed by atoms with Crippen molar-refractivity contribution in [1.82, 2.24) is 0 Å². The normalized spacial score (nSPS) is 11.2. The SMILES string of the molecule is N#Cc1ccc(CNc2cc(C(F)(F)F)ccc2Br)s1. The van der Waals surface area contributed by atoms with Gasteiger partial charge in [-0.3, -0.25) is 0 Å². The molecule has 0 amide bonds. The zero-order chi connectivity index (χ0) is 14.8. The fourth-order valence-electron chi connectivity index (χ4n) is 1.55. The maximum absolute atomic E-state index is 12.6. The maximum atomic E-state index is 12.6. The number of benzene rings is 1. The van der Waals surface area contributed by atoms with Crippen LogP contribution in [0.25, 0.3) is 0 Å². The number of nitriles is 1. The van der Waals surface area contributed by atoms with E-state index >= 15 is 0 Å². The van der Waals surface area contributed by atoms with Crippen molar-refractivity contribution in [1.29, 1.82) is 5.26 Å². The Labute approximate surface area is 126 Å². The van der Waals surface area contributed by atoms with Crippen molar-refractivity contribution in [3.63, 3.8) is 0 Å². The van der Waals surface area contributed by atoms with E-state index in [9.17, 15) is 13.2 Å². The molecule has 2 nitrogen and oxygen atoms in total. The highest BCUT2D eigenvalue weighted by molar-refractivity contribution is 9.10. The lowest BCUT2D eigenvalue weighted by molar-refractivity contribution is -0.137. The van der Waals surface area contributed by atoms with Crippen molar-refractivity contribution in [2.24, 2.45) is 0 Å². The topological polar surface area (TPSA) is 35.8 Å². The van der Waals surface area contributed by atoms with Crippen LogP contribution in [-0.4, -0.2) is 0 Å². The summed E-state index contributed by atoms with van der Waals surface area (Å²) in [6.45, 7) is 0.367. The quantitative estimate of drug-likeness (QED) is 0.834. The lowest BCUT2D eigenvalue weighted by Crippen LogP contribution is -2.06. The first-order valence-corrected chi connectivity index (χ1v) is 7.10. The highest BCUT2D eigenvalue weighted by Gasteiger charge is 2.30. The lowest BCUT2D eigenvalue weighted by atomic mass is 10.2. The fourth-order valence-corrected chi connectivity index (χ4v) is 2.68. The molecule has 0 spiro atoms. The van der Waals surface area contributed by atoms with Crippen LogP contribution in [0.15, 0.2) is 34.8 Å². The number of alkyl halides is 3. The van der Waals surface area contributed by atoms with E-state index in [4.69, 9.17) is 5.26 Å². The van der Waals surface area contributed by atoms with Crippen molar-refractivity contribution in [3.05, 3.63) is 50.1 Å². The monoisotopic (exact) mass is 360 g/mol. The van der Waals surface area contributed by atoms with Gasteiger partial charge in [0.15, 0.2) is 0 Å². The molecule has 2 rings (SSSR count). The van der Waals surface area contributed by atoms with Crippen LogP contribution in [0.5, 0.6) is 0 Å². The summed E-state index contributed by atoms with van der Waals surface area (Å²) in [4.78, 5) is 1.45. The largest absolute Gasteiger partial charge is 0.416 e. The van der Waals surface area contributed by atoms with Crippen LogP contribution in [0.3, 0.4) is 0 Å². The van der Waals surface area contributed by atoms with Gasteiger partial charge in [0.25, 0.3) is 0 Å². The van der Waals surface area contributed by atoms with E-state index in [0.29, 0.717) is 21.6 Å². The van der Waals surface area contributed by atoms with E-state index in [1.54, 1.807) is 12.1 Å². The molecule has 1 aromatic heterocycles. The smallest absolute Gasteiger partial charge is 0.379 e. The first-order chi connectivity index (χ1) is 9.40. The molecule has 0 radical (unpaired) electrons. The summed E-state index contributed by atoms with van der Waals surface area (Å²) < 4.78 is 38.5. The van der Waals surface area contributed by atoms with Crippen molar-refractivity contribution >= 4 is 33.0 Å². The minimum Gasteiger partial charge on any atom is -0.379 e. The zero-order valence-electron chi connectivity index (χ0n) is 9.96. The molecule has 0 aliphatic carbocycles. The van der Waals surface area contributed by atoms with E-state index in [1.807, 2.05) is 6.07 Å². The Morgan fingerprint density at radius 2 is 2.00 bits per heavy atom. The summed E-state index contributed by atoms with van der Waals surface area (Å²) in [6, 6.07) is 8.92. The van der Waals surface area contributed by atoms with Gasteiger partial charge in [0.2, 0.25) is 0 Å². The molecular weight excluding hydrogens is 353 g/mol. The Bertz CT molecular complexity index is 658. The fraction of sp³-hybridized carbons (Fsp3) is 0.154. The highest BCUT2D eigenvalue weighted by Crippen LogP contribution is 2.34. The maximum Gasteiger partial charge on any atom is 0.416 e. The molecule has 0 aliphatic rings. The highest BCUT2D eigenvalue weighted by atomic mass is 79.9. The van der Waals surface area contributed by atoms with Crippen molar-refractivity contribution in [3.8, 4) is 6.07 Å². The molecule has 0 atom stereocenters. The predicted octanol–water partition coefficient (Wildman–Crippen LogP) is 5.01. The van der Waals surface area contributed by atoms with Crippen LogP contribution in [0.2, 0.25) is 0 Å². The van der Waals surface area contributed by atoms with Crippen molar-refractivity contribution < 1.29 is 13.2 Å². The number of halogens is 4. The molecule has 0 saturated heterocycles. The Morgan fingerprint density at radius 3 is 2.60 bits per heavy atom. The second kappa shape index (κ2) is 5.85. The summed E-state index contributed by atoms with van der Waals surface area (Å²) in [5, 5.41) is 11.6. The van der Waals surface area contributed by atoms with E-state index < -0.39 is 11.7 Å².